The monoisotopic (exact) mass is 309 g/mol. The van der Waals surface area contributed by atoms with E-state index in [1.165, 1.54) is 13.0 Å². The summed E-state index contributed by atoms with van der Waals surface area (Å²) in [5.74, 6) is -0.157. The number of rotatable bonds is 7. The molecule has 0 fully saturated rings. The van der Waals surface area contributed by atoms with Crippen LogP contribution < -0.4 is 0 Å². The standard InChI is InChI=1S/C9H13F.C8H13NO.C2H6/c1-4-6-9(5-2)7-8(3)10;1-3-4-5-9-6-8(2)7-10;1-2/h4,6-7H,1,5H2,2-3H3;5-7H,3-4H2,1-2H3;1-2H3/b8-7+,9-6-;8-6+,9-5?;. The van der Waals surface area contributed by atoms with Gasteiger partial charge in [0, 0.05) is 18.0 Å². The molecule has 0 unspecified atom stereocenters. The summed E-state index contributed by atoms with van der Waals surface area (Å²) in [4.78, 5) is 13.9. The first-order valence-electron chi connectivity index (χ1n) is 7.80. The fraction of sp³-hybridized carbons (Fsp3) is 0.474. The van der Waals surface area contributed by atoms with Crippen molar-refractivity contribution in [3.63, 3.8) is 0 Å². The van der Waals surface area contributed by atoms with Gasteiger partial charge in [-0.15, -0.1) is 0 Å². The Bertz CT molecular complexity index is 383. The van der Waals surface area contributed by atoms with Gasteiger partial charge in [0.05, 0.1) is 5.83 Å². The summed E-state index contributed by atoms with van der Waals surface area (Å²) in [6.45, 7) is 14.8. The topological polar surface area (TPSA) is 29.4 Å². The Kier molecular flexibility index (Phi) is 24.7. The zero-order valence-electron chi connectivity index (χ0n) is 15.0. The normalized spacial score (nSPS) is 12.0. The Morgan fingerprint density at radius 3 is 2.18 bits per heavy atom. The Labute approximate surface area is 136 Å². The van der Waals surface area contributed by atoms with Gasteiger partial charge in [0.25, 0.3) is 0 Å². The number of halogens is 1. The molecule has 0 amide bonds. The van der Waals surface area contributed by atoms with Crippen LogP contribution in [0.2, 0.25) is 0 Å². The zero-order valence-corrected chi connectivity index (χ0v) is 15.0. The highest BCUT2D eigenvalue weighted by molar-refractivity contribution is 5.72. The molecule has 0 heterocycles. The fourth-order valence-corrected chi connectivity index (χ4v) is 1.08. The third-order valence-corrected chi connectivity index (χ3v) is 2.11. The van der Waals surface area contributed by atoms with Gasteiger partial charge in [-0.25, -0.2) is 4.39 Å². The molecule has 0 spiro atoms. The first-order valence-corrected chi connectivity index (χ1v) is 7.80. The molecular weight excluding hydrogens is 277 g/mol. The van der Waals surface area contributed by atoms with E-state index in [-0.39, 0.29) is 5.83 Å². The van der Waals surface area contributed by atoms with Crippen molar-refractivity contribution < 1.29 is 9.18 Å². The van der Waals surface area contributed by atoms with Crippen molar-refractivity contribution in [1.29, 1.82) is 0 Å². The Hall–Kier alpha value is -1.77. The first-order chi connectivity index (χ1) is 10.5. The number of allylic oxidation sites excluding steroid dienone is 6. The molecule has 126 valence electrons. The van der Waals surface area contributed by atoms with Crippen LogP contribution in [0.15, 0.2) is 53.0 Å². The van der Waals surface area contributed by atoms with Crippen LogP contribution in [0.5, 0.6) is 0 Å². The minimum absolute atomic E-state index is 0.157. The molecule has 0 aromatic rings. The molecule has 0 aliphatic rings. The van der Waals surface area contributed by atoms with E-state index < -0.39 is 0 Å². The lowest BCUT2D eigenvalue weighted by molar-refractivity contribution is -0.104. The number of hydrogen-bond donors (Lipinski definition) is 0. The van der Waals surface area contributed by atoms with E-state index in [2.05, 4.69) is 18.5 Å². The molecule has 0 aromatic heterocycles. The van der Waals surface area contributed by atoms with E-state index in [0.717, 1.165) is 31.1 Å². The third-order valence-electron chi connectivity index (χ3n) is 2.11. The average Bonchev–Trinajstić information content (AvgIpc) is 2.53. The second-order valence-electron chi connectivity index (χ2n) is 4.17. The van der Waals surface area contributed by atoms with E-state index in [0.29, 0.717) is 5.57 Å². The number of nitrogens with zero attached hydrogens (tertiary/aromatic N) is 1. The van der Waals surface area contributed by atoms with Crippen LogP contribution in [0.1, 0.15) is 60.8 Å². The zero-order chi connectivity index (χ0) is 17.8. The van der Waals surface area contributed by atoms with Crippen LogP contribution >= 0.6 is 0 Å². The van der Waals surface area contributed by atoms with Gasteiger partial charge in [0.2, 0.25) is 0 Å². The summed E-state index contributed by atoms with van der Waals surface area (Å²) >= 11 is 0. The van der Waals surface area contributed by atoms with Gasteiger partial charge in [-0.2, -0.15) is 0 Å². The Balaban J connectivity index is -0.000000294. The lowest BCUT2D eigenvalue weighted by atomic mass is 10.2. The maximum Gasteiger partial charge on any atom is 0.147 e. The number of carbonyl (C=O) groups is 1. The van der Waals surface area contributed by atoms with Crippen LogP contribution in [0.3, 0.4) is 0 Å². The van der Waals surface area contributed by atoms with Crippen molar-refractivity contribution in [2.24, 2.45) is 4.99 Å². The quantitative estimate of drug-likeness (QED) is 0.232. The van der Waals surface area contributed by atoms with Gasteiger partial charge >= 0.3 is 0 Å². The van der Waals surface area contributed by atoms with Crippen LogP contribution in [-0.4, -0.2) is 12.5 Å². The molecule has 0 N–H and O–H groups in total. The van der Waals surface area contributed by atoms with Gasteiger partial charge in [-0.05, 0) is 38.3 Å². The van der Waals surface area contributed by atoms with Gasteiger partial charge in [-0.1, -0.05) is 52.8 Å². The maximum atomic E-state index is 12.2. The predicted octanol–water partition coefficient (Wildman–Crippen LogP) is 6.37. The maximum absolute atomic E-state index is 12.2. The number of aldehydes is 1. The molecule has 0 saturated heterocycles. The van der Waals surface area contributed by atoms with Crippen LogP contribution in [0.25, 0.3) is 0 Å². The van der Waals surface area contributed by atoms with E-state index in [9.17, 15) is 9.18 Å². The lowest BCUT2D eigenvalue weighted by Gasteiger charge is -1.92. The smallest absolute Gasteiger partial charge is 0.147 e. The van der Waals surface area contributed by atoms with Crippen molar-refractivity contribution >= 4 is 12.5 Å². The first kappa shape index (κ1) is 25.2. The molecule has 0 aliphatic heterocycles. The number of hydrogen-bond acceptors (Lipinski definition) is 2. The highest BCUT2D eigenvalue weighted by atomic mass is 19.1. The fourth-order valence-electron chi connectivity index (χ4n) is 1.08. The van der Waals surface area contributed by atoms with Gasteiger partial charge in [0.1, 0.15) is 6.29 Å². The van der Waals surface area contributed by atoms with Crippen molar-refractivity contribution in [3.8, 4) is 0 Å². The largest absolute Gasteiger partial charge is 0.298 e. The van der Waals surface area contributed by atoms with E-state index in [4.69, 9.17) is 0 Å². The van der Waals surface area contributed by atoms with Crippen molar-refractivity contribution in [3.05, 3.63) is 48.0 Å². The second kappa shape index (κ2) is 21.5. The summed E-state index contributed by atoms with van der Waals surface area (Å²) in [5.41, 5.74) is 1.63. The molecular formula is C19H32FNO. The number of aliphatic imine (C=N–C) groups is 1. The molecule has 2 nitrogen and oxygen atoms in total. The van der Waals surface area contributed by atoms with Crippen molar-refractivity contribution in [2.45, 2.75) is 60.8 Å². The van der Waals surface area contributed by atoms with E-state index in [1.807, 2.05) is 33.1 Å². The molecule has 0 radical (unpaired) electrons. The van der Waals surface area contributed by atoms with Crippen LogP contribution in [0, 0.1) is 0 Å². The second-order valence-corrected chi connectivity index (χ2v) is 4.17. The third kappa shape index (κ3) is 23.3. The van der Waals surface area contributed by atoms with Gasteiger partial charge in [0.15, 0.2) is 0 Å². The number of unbranched alkanes of at least 4 members (excludes halogenated alkanes) is 1. The van der Waals surface area contributed by atoms with Gasteiger partial charge in [-0.3, -0.25) is 9.79 Å². The average molecular weight is 309 g/mol. The van der Waals surface area contributed by atoms with E-state index >= 15 is 0 Å². The minimum atomic E-state index is -0.157. The van der Waals surface area contributed by atoms with Crippen molar-refractivity contribution in [2.75, 3.05) is 0 Å². The molecule has 0 saturated carbocycles. The molecule has 0 bridgehead atoms. The summed E-state index contributed by atoms with van der Waals surface area (Å²) in [6.07, 6.45) is 12.1. The molecule has 0 rings (SSSR count). The molecule has 3 heteroatoms. The highest BCUT2D eigenvalue weighted by Crippen LogP contribution is 2.06. The Morgan fingerprint density at radius 1 is 1.23 bits per heavy atom. The van der Waals surface area contributed by atoms with E-state index in [1.54, 1.807) is 19.2 Å². The predicted molar refractivity (Wildman–Crippen MR) is 98.0 cm³/mol. The summed E-state index contributed by atoms with van der Waals surface area (Å²) in [5, 5.41) is 0. The minimum Gasteiger partial charge on any atom is -0.298 e. The van der Waals surface area contributed by atoms with Gasteiger partial charge < -0.3 is 0 Å². The highest BCUT2D eigenvalue weighted by Gasteiger charge is 1.87. The number of carbonyl (C=O) groups excluding carboxylic acids is 1. The summed E-state index contributed by atoms with van der Waals surface area (Å²) < 4.78 is 12.2. The molecule has 0 aromatic carbocycles. The molecule has 0 aliphatic carbocycles. The Morgan fingerprint density at radius 2 is 1.82 bits per heavy atom. The lowest BCUT2D eigenvalue weighted by Crippen LogP contribution is -1.74. The summed E-state index contributed by atoms with van der Waals surface area (Å²) in [6, 6.07) is 0. The van der Waals surface area contributed by atoms with Crippen molar-refractivity contribution in [1.82, 2.24) is 0 Å². The van der Waals surface area contributed by atoms with Crippen LogP contribution in [0.4, 0.5) is 4.39 Å². The summed E-state index contributed by atoms with van der Waals surface area (Å²) in [7, 11) is 0. The molecule has 22 heavy (non-hydrogen) atoms. The molecule has 0 atom stereocenters. The SMILES string of the molecule is C=C/C=C(\C=C(/C)F)CC.CC.CCCC=N/C=C(\C)C=O. The van der Waals surface area contributed by atoms with Crippen LogP contribution in [-0.2, 0) is 4.79 Å².